The summed E-state index contributed by atoms with van der Waals surface area (Å²) in [5, 5.41) is 18.1. The van der Waals surface area contributed by atoms with Crippen LogP contribution in [-0.4, -0.2) is 56.5 Å². The van der Waals surface area contributed by atoms with Crippen LogP contribution >= 0.6 is 0 Å². The zero-order valence-corrected chi connectivity index (χ0v) is 22.3. The molecule has 2 aromatic carbocycles. The predicted octanol–water partition coefficient (Wildman–Crippen LogP) is 6.41. The predicted molar refractivity (Wildman–Crippen MR) is 145 cm³/mol. The maximum absolute atomic E-state index is 9.28. The number of rotatable bonds is 21. The number of hydrogen-bond acceptors (Lipinski definition) is 6. The smallest absolute Gasteiger partial charge is 0.161 e. The van der Waals surface area contributed by atoms with Crippen LogP contribution in [0.4, 0.5) is 0 Å². The number of benzene rings is 2. The molecule has 0 aliphatic rings. The van der Waals surface area contributed by atoms with Crippen molar-refractivity contribution in [3.8, 4) is 28.4 Å². The zero-order chi connectivity index (χ0) is 25.8. The van der Waals surface area contributed by atoms with E-state index in [1.165, 1.54) is 57.8 Å². The summed E-state index contributed by atoms with van der Waals surface area (Å²) in [7, 11) is 1.62. The van der Waals surface area contributed by atoms with E-state index in [1.807, 2.05) is 30.3 Å². The SMILES string of the molecule is CCCCCCCCCCCCOc1ccc(-c2ccc(OCCOCC(O)CO)c(OC)c2)cc1. The molecule has 1 atom stereocenters. The maximum Gasteiger partial charge on any atom is 0.161 e. The zero-order valence-electron chi connectivity index (χ0n) is 22.3. The molecule has 0 spiro atoms. The average Bonchev–Trinajstić information content (AvgIpc) is 2.91. The highest BCUT2D eigenvalue weighted by Gasteiger charge is 2.08. The monoisotopic (exact) mass is 502 g/mol. The summed E-state index contributed by atoms with van der Waals surface area (Å²) in [5.74, 6) is 2.17. The number of ether oxygens (including phenoxy) is 4. The molecule has 2 aromatic rings. The highest BCUT2D eigenvalue weighted by molar-refractivity contribution is 5.67. The van der Waals surface area contributed by atoms with Gasteiger partial charge in [-0.15, -0.1) is 0 Å². The van der Waals surface area contributed by atoms with Crippen LogP contribution in [0.1, 0.15) is 71.1 Å². The Kier molecular flexibility index (Phi) is 15.7. The second-order valence-corrected chi connectivity index (χ2v) is 9.18. The third-order valence-electron chi connectivity index (χ3n) is 6.12. The van der Waals surface area contributed by atoms with Gasteiger partial charge in [-0.05, 0) is 41.8 Å². The Bertz CT molecular complexity index is 808. The first-order valence-corrected chi connectivity index (χ1v) is 13.6. The normalized spacial score (nSPS) is 11.9. The van der Waals surface area contributed by atoms with Crippen LogP contribution in [-0.2, 0) is 4.74 Å². The van der Waals surface area contributed by atoms with Crippen LogP contribution in [0.2, 0.25) is 0 Å². The molecule has 0 amide bonds. The maximum atomic E-state index is 9.28. The van der Waals surface area contributed by atoms with Crippen LogP contribution in [0, 0.1) is 0 Å². The van der Waals surface area contributed by atoms with Crippen molar-refractivity contribution >= 4 is 0 Å². The van der Waals surface area contributed by atoms with Crippen LogP contribution in [0.5, 0.6) is 17.2 Å². The lowest BCUT2D eigenvalue weighted by Crippen LogP contribution is -2.21. The standard InChI is InChI=1S/C30H46O6/c1-3-4-5-6-7-8-9-10-11-12-19-35-28-16-13-25(14-17-28)26-15-18-29(30(22-26)33-2)36-21-20-34-24-27(32)23-31/h13-18,22,27,31-32H,3-12,19-21,23-24H2,1-2H3. The minimum atomic E-state index is -0.865. The van der Waals surface area contributed by atoms with E-state index >= 15 is 0 Å². The van der Waals surface area contributed by atoms with E-state index in [0.717, 1.165) is 29.9 Å². The fourth-order valence-electron chi connectivity index (χ4n) is 3.97. The molecule has 0 heterocycles. The molecule has 36 heavy (non-hydrogen) atoms. The second kappa shape index (κ2) is 18.9. The molecule has 0 aromatic heterocycles. The largest absolute Gasteiger partial charge is 0.494 e. The topological polar surface area (TPSA) is 77.4 Å². The van der Waals surface area contributed by atoms with Crippen molar-refractivity contribution < 1.29 is 29.2 Å². The van der Waals surface area contributed by atoms with Gasteiger partial charge >= 0.3 is 0 Å². The number of aliphatic hydroxyl groups is 2. The van der Waals surface area contributed by atoms with Gasteiger partial charge in [0.15, 0.2) is 11.5 Å². The van der Waals surface area contributed by atoms with Crippen LogP contribution in [0.3, 0.4) is 0 Å². The Balaban J connectivity index is 1.68. The summed E-state index contributed by atoms with van der Waals surface area (Å²) >= 11 is 0. The summed E-state index contributed by atoms with van der Waals surface area (Å²) in [6, 6.07) is 14.0. The first-order chi connectivity index (χ1) is 17.7. The Morgan fingerprint density at radius 3 is 1.97 bits per heavy atom. The van der Waals surface area contributed by atoms with E-state index in [2.05, 4.69) is 19.1 Å². The molecule has 202 valence electrons. The lowest BCUT2D eigenvalue weighted by molar-refractivity contribution is -0.00154. The van der Waals surface area contributed by atoms with Crippen molar-refractivity contribution in [2.24, 2.45) is 0 Å². The fraction of sp³-hybridized carbons (Fsp3) is 0.600. The van der Waals surface area contributed by atoms with E-state index in [-0.39, 0.29) is 13.2 Å². The van der Waals surface area contributed by atoms with Gasteiger partial charge in [0, 0.05) is 0 Å². The van der Waals surface area contributed by atoms with E-state index in [9.17, 15) is 5.11 Å². The Morgan fingerprint density at radius 2 is 1.33 bits per heavy atom. The number of unbranched alkanes of at least 4 members (excludes halogenated alkanes) is 9. The van der Waals surface area contributed by atoms with Gasteiger partial charge in [-0.25, -0.2) is 0 Å². The van der Waals surface area contributed by atoms with Crippen LogP contribution in [0.15, 0.2) is 42.5 Å². The lowest BCUT2D eigenvalue weighted by Gasteiger charge is -2.13. The van der Waals surface area contributed by atoms with Crippen molar-refractivity contribution in [3.05, 3.63) is 42.5 Å². The summed E-state index contributed by atoms with van der Waals surface area (Å²) in [6.07, 6.45) is 12.4. The molecule has 1 unspecified atom stereocenters. The Labute approximate surface area is 217 Å². The van der Waals surface area contributed by atoms with E-state index in [1.54, 1.807) is 7.11 Å². The summed E-state index contributed by atoms with van der Waals surface area (Å²) in [4.78, 5) is 0. The molecule has 0 saturated carbocycles. The minimum Gasteiger partial charge on any atom is -0.494 e. The van der Waals surface area contributed by atoms with Crippen molar-refractivity contribution in [3.63, 3.8) is 0 Å². The Morgan fingerprint density at radius 1 is 0.694 bits per heavy atom. The molecular formula is C30H46O6. The minimum absolute atomic E-state index is 0.0783. The molecule has 0 aliphatic carbocycles. The van der Waals surface area contributed by atoms with Crippen molar-refractivity contribution in [2.75, 3.05) is 40.1 Å². The average molecular weight is 503 g/mol. The molecule has 0 aliphatic heterocycles. The molecule has 0 saturated heterocycles. The molecule has 2 rings (SSSR count). The highest BCUT2D eigenvalue weighted by Crippen LogP contribution is 2.33. The van der Waals surface area contributed by atoms with E-state index < -0.39 is 6.10 Å². The highest BCUT2D eigenvalue weighted by atomic mass is 16.5. The fourth-order valence-corrected chi connectivity index (χ4v) is 3.97. The molecular weight excluding hydrogens is 456 g/mol. The Hall–Kier alpha value is -2.28. The molecule has 0 bridgehead atoms. The van der Waals surface area contributed by atoms with E-state index in [4.69, 9.17) is 24.1 Å². The van der Waals surface area contributed by atoms with Gasteiger partial charge in [0.2, 0.25) is 0 Å². The molecule has 0 fully saturated rings. The van der Waals surface area contributed by atoms with Gasteiger partial charge < -0.3 is 29.2 Å². The third-order valence-corrected chi connectivity index (χ3v) is 6.12. The number of hydrogen-bond donors (Lipinski definition) is 2. The van der Waals surface area contributed by atoms with Gasteiger partial charge in [-0.2, -0.15) is 0 Å². The van der Waals surface area contributed by atoms with Crippen molar-refractivity contribution in [2.45, 2.75) is 77.2 Å². The second-order valence-electron chi connectivity index (χ2n) is 9.18. The lowest BCUT2D eigenvalue weighted by atomic mass is 10.0. The van der Waals surface area contributed by atoms with Crippen LogP contribution in [0.25, 0.3) is 11.1 Å². The molecule has 2 N–H and O–H groups in total. The first-order valence-electron chi connectivity index (χ1n) is 13.6. The van der Waals surface area contributed by atoms with Gasteiger partial charge in [-0.1, -0.05) is 82.9 Å². The van der Waals surface area contributed by atoms with Crippen LogP contribution < -0.4 is 14.2 Å². The summed E-state index contributed by atoms with van der Waals surface area (Å²) in [5.41, 5.74) is 2.11. The van der Waals surface area contributed by atoms with Crippen molar-refractivity contribution in [1.29, 1.82) is 0 Å². The summed E-state index contributed by atoms with van der Waals surface area (Å²) in [6.45, 7) is 3.41. The number of methoxy groups -OCH3 is 1. The molecule has 6 nitrogen and oxygen atoms in total. The quantitative estimate of drug-likeness (QED) is 0.192. The molecule has 0 radical (unpaired) electrons. The van der Waals surface area contributed by atoms with E-state index in [0.29, 0.717) is 24.7 Å². The van der Waals surface area contributed by atoms with Gasteiger partial charge in [0.05, 0.1) is 33.5 Å². The number of aliphatic hydroxyl groups excluding tert-OH is 2. The van der Waals surface area contributed by atoms with Gasteiger partial charge in [-0.3, -0.25) is 0 Å². The van der Waals surface area contributed by atoms with Gasteiger partial charge in [0.1, 0.15) is 18.5 Å². The first kappa shape index (κ1) is 29.9. The third kappa shape index (κ3) is 12.1. The summed E-state index contributed by atoms with van der Waals surface area (Å²) < 4.78 is 22.5. The van der Waals surface area contributed by atoms with Gasteiger partial charge in [0.25, 0.3) is 0 Å². The molecule has 6 heteroatoms. The van der Waals surface area contributed by atoms with Crippen molar-refractivity contribution in [1.82, 2.24) is 0 Å².